The van der Waals surface area contributed by atoms with E-state index in [1.165, 1.54) is 30.2 Å². The Bertz CT molecular complexity index is 1540. The zero-order valence-electron chi connectivity index (χ0n) is 24.0. The summed E-state index contributed by atoms with van der Waals surface area (Å²) in [5.41, 5.74) is 1.85. The van der Waals surface area contributed by atoms with Crippen molar-refractivity contribution in [3.8, 4) is 5.75 Å². The van der Waals surface area contributed by atoms with Gasteiger partial charge in [-0.15, -0.1) is 0 Å². The number of ether oxygens (including phenoxy) is 1. The Labute approximate surface area is 266 Å². The van der Waals surface area contributed by atoms with Gasteiger partial charge in [0, 0.05) is 12.6 Å². The summed E-state index contributed by atoms with van der Waals surface area (Å²) in [7, 11) is -2.76. The molecule has 0 aliphatic heterocycles. The zero-order chi connectivity index (χ0) is 31.2. The number of methoxy groups -OCH3 is 1. The van der Waals surface area contributed by atoms with Gasteiger partial charge in [-0.3, -0.25) is 13.9 Å². The molecule has 8 nitrogen and oxygen atoms in total. The SMILES string of the molecule is CC[C@H](C)NC(=O)[C@H](C)N(Cc1ccc(Cl)c(Cl)c1)C(=O)CN(c1ccc(C)cc1)S(=O)(=O)c1ccc(OC)c(Br)c1. The molecule has 0 aliphatic carbocycles. The number of sulfonamides is 1. The molecule has 0 aromatic heterocycles. The van der Waals surface area contributed by atoms with Gasteiger partial charge in [-0.25, -0.2) is 8.42 Å². The number of anilines is 1. The van der Waals surface area contributed by atoms with Gasteiger partial charge < -0.3 is 15.0 Å². The molecule has 3 rings (SSSR count). The number of nitrogens with zero attached hydrogens (tertiary/aromatic N) is 2. The van der Waals surface area contributed by atoms with E-state index in [1.54, 1.807) is 49.4 Å². The Morgan fingerprint density at radius 3 is 2.24 bits per heavy atom. The third-order valence-corrected chi connectivity index (χ3v) is 9.95. The summed E-state index contributed by atoms with van der Waals surface area (Å²) in [5.74, 6) is -0.480. The van der Waals surface area contributed by atoms with Crippen LogP contribution in [0.1, 0.15) is 38.3 Å². The van der Waals surface area contributed by atoms with Crippen molar-refractivity contribution in [2.45, 2.75) is 57.6 Å². The summed E-state index contributed by atoms with van der Waals surface area (Å²) in [5, 5.41) is 3.55. The minimum atomic E-state index is -4.24. The van der Waals surface area contributed by atoms with Gasteiger partial charge in [0.1, 0.15) is 18.3 Å². The van der Waals surface area contributed by atoms with E-state index in [2.05, 4.69) is 21.2 Å². The van der Waals surface area contributed by atoms with Crippen LogP contribution in [0.15, 0.2) is 70.0 Å². The van der Waals surface area contributed by atoms with Gasteiger partial charge in [-0.1, -0.05) is 53.9 Å². The first-order valence-electron chi connectivity index (χ1n) is 13.2. The van der Waals surface area contributed by atoms with E-state index in [4.69, 9.17) is 27.9 Å². The highest BCUT2D eigenvalue weighted by molar-refractivity contribution is 9.10. The van der Waals surface area contributed by atoms with E-state index in [1.807, 2.05) is 20.8 Å². The molecule has 0 saturated carbocycles. The van der Waals surface area contributed by atoms with Crippen LogP contribution < -0.4 is 14.4 Å². The molecule has 0 heterocycles. The number of carbonyl (C=O) groups excluding carboxylic acids is 2. The van der Waals surface area contributed by atoms with Crippen LogP contribution in [0.3, 0.4) is 0 Å². The summed E-state index contributed by atoms with van der Waals surface area (Å²) in [6.45, 7) is 6.74. The number of carbonyl (C=O) groups is 2. The molecule has 0 spiro atoms. The molecule has 0 radical (unpaired) electrons. The van der Waals surface area contributed by atoms with Gasteiger partial charge in [-0.2, -0.15) is 0 Å². The predicted octanol–water partition coefficient (Wildman–Crippen LogP) is 6.60. The molecule has 0 bridgehead atoms. The van der Waals surface area contributed by atoms with Crippen molar-refractivity contribution in [3.05, 3.63) is 86.3 Å². The fourth-order valence-corrected chi connectivity index (χ4v) is 6.51. The topological polar surface area (TPSA) is 96.0 Å². The largest absolute Gasteiger partial charge is 0.496 e. The molecule has 0 aliphatic rings. The molecule has 42 heavy (non-hydrogen) atoms. The Balaban J connectivity index is 2.06. The van der Waals surface area contributed by atoms with E-state index < -0.39 is 28.5 Å². The first-order valence-corrected chi connectivity index (χ1v) is 16.2. The fourth-order valence-electron chi connectivity index (χ4n) is 4.06. The Kier molecular flexibility index (Phi) is 11.7. The van der Waals surface area contributed by atoms with Gasteiger partial charge >= 0.3 is 0 Å². The van der Waals surface area contributed by atoms with Crippen molar-refractivity contribution in [1.82, 2.24) is 10.2 Å². The maximum Gasteiger partial charge on any atom is 0.264 e. The molecule has 12 heteroatoms. The lowest BCUT2D eigenvalue weighted by Gasteiger charge is -2.32. The van der Waals surface area contributed by atoms with Crippen LogP contribution in [0.25, 0.3) is 0 Å². The number of halogens is 3. The van der Waals surface area contributed by atoms with Crippen molar-refractivity contribution in [2.24, 2.45) is 0 Å². The van der Waals surface area contributed by atoms with Crippen LogP contribution in [0.4, 0.5) is 5.69 Å². The van der Waals surface area contributed by atoms with Crippen LogP contribution >= 0.6 is 39.1 Å². The monoisotopic (exact) mass is 697 g/mol. The minimum absolute atomic E-state index is 0.000679. The van der Waals surface area contributed by atoms with Crippen molar-refractivity contribution in [3.63, 3.8) is 0 Å². The summed E-state index contributed by atoms with van der Waals surface area (Å²) >= 11 is 15.7. The average Bonchev–Trinajstić information content (AvgIpc) is 2.96. The smallest absolute Gasteiger partial charge is 0.264 e. The third-order valence-electron chi connectivity index (χ3n) is 6.82. The highest BCUT2D eigenvalue weighted by Gasteiger charge is 2.33. The van der Waals surface area contributed by atoms with Crippen molar-refractivity contribution < 1.29 is 22.7 Å². The second-order valence-corrected chi connectivity index (χ2v) is 13.4. The lowest BCUT2D eigenvalue weighted by molar-refractivity contribution is -0.139. The highest BCUT2D eigenvalue weighted by atomic mass is 79.9. The second-order valence-electron chi connectivity index (χ2n) is 9.91. The van der Waals surface area contributed by atoms with Gasteiger partial charge in [-0.05, 0) is 91.1 Å². The lowest BCUT2D eigenvalue weighted by atomic mass is 10.1. The van der Waals surface area contributed by atoms with Gasteiger partial charge in [0.05, 0.1) is 32.2 Å². The Hall–Kier alpha value is -2.79. The van der Waals surface area contributed by atoms with Crippen LogP contribution in [-0.4, -0.2) is 50.9 Å². The van der Waals surface area contributed by atoms with E-state index in [-0.39, 0.29) is 23.4 Å². The van der Waals surface area contributed by atoms with Gasteiger partial charge in [0.15, 0.2) is 0 Å². The molecule has 2 amide bonds. The molecule has 3 aromatic rings. The predicted molar refractivity (Wildman–Crippen MR) is 171 cm³/mol. The molecule has 0 unspecified atom stereocenters. The number of rotatable bonds is 12. The average molecular weight is 699 g/mol. The summed E-state index contributed by atoms with van der Waals surface area (Å²) in [4.78, 5) is 28.5. The Morgan fingerprint density at radius 2 is 1.67 bits per heavy atom. The van der Waals surface area contributed by atoms with E-state index in [0.717, 1.165) is 9.87 Å². The van der Waals surface area contributed by atoms with E-state index >= 15 is 0 Å². The van der Waals surface area contributed by atoms with Crippen LogP contribution in [0.5, 0.6) is 5.75 Å². The quantitative estimate of drug-likeness (QED) is 0.230. The number of hydrogen-bond acceptors (Lipinski definition) is 5. The van der Waals surface area contributed by atoms with Crippen molar-refractivity contribution >= 4 is 66.7 Å². The highest BCUT2D eigenvalue weighted by Crippen LogP contribution is 2.31. The maximum absolute atomic E-state index is 14.0. The van der Waals surface area contributed by atoms with Crippen LogP contribution in [0, 0.1) is 6.92 Å². The zero-order valence-corrected chi connectivity index (χ0v) is 27.9. The molecule has 226 valence electrons. The molecular weight excluding hydrogens is 665 g/mol. The fraction of sp³-hybridized carbons (Fsp3) is 0.333. The summed E-state index contributed by atoms with van der Waals surface area (Å²) in [6.07, 6.45) is 0.704. The summed E-state index contributed by atoms with van der Waals surface area (Å²) < 4.78 is 34.8. The number of nitrogens with one attached hydrogen (secondary N) is 1. The Morgan fingerprint density at radius 1 is 1.00 bits per heavy atom. The third kappa shape index (κ3) is 8.18. The van der Waals surface area contributed by atoms with Gasteiger partial charge in [0.25, 0.3) is 10.0 Å². The number of hydrogen-bond donors (Lipinski definition) is 1. The molecule has 0 fully saturated rings. The van der Waals surface area contributed by atoms with Gasteiger partial charge in [0.2, 0.25) is 11.8 Å². The first kappa shape index (κ1) is 33.7. The molecular formula is C30H34BrCl2N3O5S. The molecule has 0 saturated heterocycles. The number of benzene rings is 3. The molecule has 1 N–H and O–H groups in total. The maximum atomic E-state index is 14.0. The van der Waals surface area contributed by atoms with Crippen molar-refractivity contribution in [2.75, 3.05) is 18.0 Å². The standard InChI is InChI=1S/C30H34BrCl2N3O5S/c1-6-20(3)34-30(38)21(4)35(17-22-9-13-26(32)27(33)15-22)29(37)18-36(23-10-7-19(2)8-11-23)42(39,40)24-12-14-28(41-5)25(31)16-24/h7-16,20-21H,6,17-18H2,1-5H3,(H,34,38)/t20-,21-/m0/s1. The molecule has 3 aromatic carbocycles. The van der Waals surface area contributed by atoms with Crippen molar-refractivity contribution in [1.29, 1.82) is 0 Å². The minimum Gasteiger partial charge on any atom is -0.496 e. The summed E-state index contributed by atoms with van der Waals surface area (Å²) in [6, 6.07) is 15.1. The molecule has 2 atom stereocenters. The first-order chi connectivity index (χ1) is 19.8. The van der Waals surface area contributed by atoms with E-state index in [9.17, 15) is 18.0 Å². The lowest BCUT2D eigenvalue weighted by Crippen LogP contribution is -2.52. The van der Waals surface area contributed by atoms with Crippen LogP contribution in [-0.2, 0) is 26.2 Å². The number of amides is 2. The number of aryl methyl sites for hydroxylation is 1. The van der Waals surface area contributed by atoms with E-state index in [0.29, 0.717) is 37.9 Å². The normalized spacial score (nSPS) is 12.8. The van der Waals surface area contributed by atoms with Crippen LogP contribution in [0.2, 0.25) is 10.0 Å². The second kappa shape index (κ2) is 14.6.